The monoisotopic (exact) mass is 424 g/mol. The fraction of sp³-hybridized carbons (Fsp3) is 0.333. The van der Waals surface area contributed by atoms with Gasteiger partial charge in [0, 0.05) is 49.2 Å². The van der Waals surface area contributed by atoms with E-state index in [9.17, 15) is 9.59 Å². The number of piperazine rings is 1. The van der Waals surface area contributed by atoms with Gasteiger partial charge in [0.25, 0.3) is 0 Å². The second kappa shape index (κ2) is 9.02. The zero-order chi connectivity index (χ0) is 21.1. The van der Waals surface area contributed by atoms with Crippen LogP contribution < -0.4 is 5.63 Å². The minimum atomic E-state index is -0.320. The molecule has 5 nitrogen and oxygen atoms in total. The molecule has 2 aromatic carbocycles. The number of hydrogen-bond donors (Lipinski definition) is 0. The Bertz CT molecular complexity index is 1120. The first kappa shape index (κ1) is 20.6. The zero-order valence-corrected chi connectivity index (χ0v) is 17.8. The van der Waals surface area contributed by atoms with Crippen LogP contribution in [0.4, 0.5) is 0 Å². The average molecular weight is 425 g/mol. The molecule has 0 N–H and O–H groups in total. The molecular formula is C24H25ClN2O3. The van der Waals surface area contributed by atoms with Crippen LogP contribution in [0.25, 0.3) is 11.0 Å². The summed E-state index contributed by atoms with van der Waals surface area (Å²) in [5.74, 6) is 0.0978. The molecule has 0 atom stereocenters. The van der Waals surface area contributed by atoms with Crippen molar-refractivity contribution in [3.63, 3.8) is 0 Å². The smallest absolute Gasteiger partial charge is 0.336 e. The van der Waals surface area contributed by atoms with Crippen molar-refractivity contribution in [2.24, 2.45) is 0 Å². The Morgan fingerprint density at radius 3 is 2.53 bits per heavy atom. The number of fused-ring (bicyclic) bond motifs is 1. The summed E-state index contributed by atoms with van der Waals surface area (Å²) < 4.78 is 5.41. The third-order valence-electron chi connectivity index (χ3n) is 5.72. The summed E-state index contributed by atoms with van der Waals surface area (Å²) in [6.07, 6.45) is 1.22. The van der Waals surface area contributed by atoms with Crippen LogP contribution in [-0.4, -0.2) is 41.9 Å². The number of halogens is 1. The number of aryl methyl sites for hydroxylation is 1. The number of amides is 1. The highest BCUT2D eigenvalue weighted by Crippen LogP contribution is 2.21. The van der Waals surface area contributed by atoms with Crippen LogP contribution in [0.5, 0.6) is 0 Å². The first-order valence-electron chi connectivity index (χ1n) is 10.3. The van der Waals surface area contributed by atoms with Crippen molar-refractivity contribution in [2.45, 2.75) is 26.3 Å². The summed E-state index contributed by atoms with van der Waals surface area (Å²) in [7, 11) is 0. The van der Waals surface area contributed by atoms with Gasteiger partial charge in [-0.2, -0.15) is 0 Å². The second-order valence-electron chi connectivity index (χ2n) is 7.70. The lowest BCUT2D eigenvalue weighted by atomic mass is 10.1. The molecule has 30 heavy (non-hydrogen) atoms. The van der Waals surface area contributed by atoms with Crippen LogP contribution in [0, 0.1) is 0 Å². The highest BCUT2D eigenvalue weighted by atomic mass is 35.5. The maximum Gasteiger partial charge on any atom is 0.336 e. The number of rotatable bonds is 5. The van der Waals surface area contributed by atoms with Crippen LogP contribution >= 0.6 is 11.6 Å². The van der Waals surface area contributed by atoms with Crippen molar-refractivity contribution >= 4 is 28.5 Å². The van der Waals surface area contributed by atoms with Gasteiger partial charge in [0.1, 0.15) is 5.58 Å². The molecule has 1 amide bonds. The summed E-state index contributed by atoms with van der Waals surface area (Å²) in [6.45, 7) is 5.62. The van der Waals surface area contributed by atoms with Gasteiger partial charge in [-0.1, -0.05) is 48.9 Å². The maximum atomic E-state index is 12.7. The Labute approximate surface area is 180 Å². The molecule has 4 rings (SSSR count). The van der Waals surface area contributed by atoms with Crippen molar-refractivity contribution in [1.29, 1.82) is 0 Å². The molecule has 1 fully saturated rings. The molecule has 156 valence electrons. The normalized spacial score (nSPS) is 14.9. The number of nitrogens with zero attached hydrogens (tertiary/aromatic N) is 2. The van der Waals surface area contributed by atoms with E-state index in [4.69, 9.17) is 16.0 Å². The fourth-order valence-electron chi connectivity index (χ4n) is 3.94. The molecular weight excluding hydrogens is 400 g/mol. The first-order chi connectivity index (χ1) is 14.5. The van der Waals surface area contributed by atoms with Crippen molar-refractivity contribution in [1.82, 2.24) is 9.80 Å². The molecule has 1 saturated heterocycles. The Hall–Kier alpha value is -2.63. The van der Waals surface area contributed by atoms with E-state index in [0.717, 1.165) is 41.6 Å². The maximum absolute atomic E-state index is 12.7. The van der Waals surface area contributed by atoms with Crippen molar-refractivity contribution in [2.75, 3.05) is 26.2 Å². The molecule has 0 spiro atoms. The number of carbonyl (C=O) groups excluding carboxylic acids is 1. The molecule has 0 aliphatic carbocycles. The summed E-state index contributed by atoms with van der Waals surface area (Å²) in [5.41, 5.74) is 3.30. The first-order valence-corrected chi connectivity index (χ1v) is 10.7. The van der Waals surface area contributed by atoms with Crippen molar-refractivity contribution in [3.8, 4) is 0 Å². The van der Waals surface area contributed by atoms with Gasteiger partial charge < -0.3 is 9.32 Å². The SMILES string of the molecule is CCc1ccc2c(CN3CCN(C(=O)Cc4ccccc4Cl)CC3)cc(=O)oc2c1. The largest absolute Gasteiger partial charge is 0.423 e. The Balaban J connectivity index is 1.41. The Morgan fingerprint density at radius 2 is 1.80 bits per heavy atom. The van der Waals surface area contributed by atoms with E-state index >= 15 is 0 Å². The lowest BCUT2D eigenvalue weighted by molar-refractivity contribution is -0.132. The van der Waals surface area contributed by atoms with E-state index in [2.05, 4.69) is 17.9 Å². The van der Waals surface area contributed by atoms with E-state index in [1.807, 2.05) is 41.3 Å². The van der Waals surface area contributed by atoms with Gasteiger partial charge in [-0.25, -0.2) is 4.79 Å². The Morgan fingerprint density at radius 1 is 1.03 bits per heavy atom. The van der Waals surface area contributed by atoms with E-state index in [1.54, 1.807) is 6.07 Å². The van der Waals surface area contributed by atoms with Gasteiger partial charge in [-0.15, -0.1) is 0 Å². The topological polar surface area (TPSA) is 53.8 Å². The molecule has 0 bridgehead atoms. The second-order valence-corrected chi connectivity index (χ2v) is 8.11. The molecule has 2 heterocycles. The number of benzene rings is 2. The van der Waals surface area contributed by atoms with Crippen LogP contribution in [0.3, 0.4) is 0 Å². The lowest BCUT2D eigenvalue weighted by Gasteiger charge is -2.35. The predicted octanol–water partition coefficient (Wildman–Crippen LogP) is 3.90. The van der Waals surface area contributed by atoms with Gasteiger partial charge in [0.15, 0.2) is 0 Å². The van der Waals surface area contributed by atoms with Gasteiger partial charge in [-0.3, -0.25) is 9.69 Å². The van der Waals surface area contributed by atoms with E-state index in [-0.39, 0.29) is 11.5 Å². The molecule has 1 aromatic heterocycles. The third kappa shape index (κ3) is 4.58. The predicted molar refractivity (Wildman–Crippen MR) is 119 cm³/mol. The Kier molecular flexibility index (Phi) is 6.21. The summed E-state index contributed by atoms with van der Waals surface area (Å²) in [6, 6.07) is 15.1. The molecule has 0 saturated carbocycles. The van der Waals surface area contributed by atoms with Crippen LogP contribution in [0.15, 0.2) is 57.7 Å². The summed E-state index contributed by atoms with van der Waals surface area (Å²) >= 11 is 6.19. The van der Waals surface area contributed by atoms with Crippen molar-refractivity contribution < 1.29 is 9.21 Å². The third-order valence-corrected chi connectivity index (χ3v) is 6.09. The van der Waals surface area contributed by atoms with Gasteiger partial charge in [0.05, 0.1) is 6.42 Å². The van der Waals surface area contributed by atoms with Crippen molar-refractivity contribution in [3.05, 3.63) is 80.7 Å². The molecule has 1 aliphatic heterocycles. The van der Waals surface area contributed by atoms with Gasteiger partial charge in [0.2, 0.25) is 5.91 Å². The number of hydrogen-bond acceptors (Lipinski definition) is 4. The fourth-order valence-corrected chi connectivity index (χ4v) is 4.14. The van der Waals surface area contributed by atoms with Crippen LogP contribution in [-0.2, 0) is 24.2 Å². The zero-order valence-electron chi connectivity index (χ0n) is 17.1. The standard InChI is InChI=1S/C24H25ClN2O3/c1-2-17-7-8-20-19(15-24(29)30-22(20)13-17)16-26-9-11-27(12-10-26)23(28)14-18-5-3-4-6-21(18)25/h3-8,13,15H,2,9-12,14,16H2,1H3. The summed E-state index contributed by atoms with van der Waals surface area (Å²) in [5, 5.41) is 1.61. The minimum absolute atomic E-state index is 0.0978. The van der Waals surface area contributed by atoms with Gasteiger partial charge >= 0.3 is 5.63 Å². The minimum Gasteiger partial charge on any atom is -0.423 e. The average Bonchev–Trinajstić information content (AvgIpc) is 2.75. The molecule has 0 radical (unpaired) electrons. The van der Waals surface area contributed by atoms with Crippen LogP contribution in [0.1, 0.15) is 23.6 Å². The summed E-state index contributed by atoms with van der Waals surface area (Å²) in [4.78, 5) is 28.9. The van der Waals surface area contributed by atoms with E-state index < -0.39 is 0 Å². The van der Waals surface area contributed by atoms with Crippen LogP contribution in [0.2, 0.25) is 5.02 Å². The van der Waals surface area contributed by atoms with E-state index in [0.29, 0.717) is 36.7 Å². The quantitative estimate of drug-likeness (QED) is 0.583. The molecule has 1 aliphatic rings. The molecule has 6 heteroatoms. The van der Waals surface area contributed by atoms with E-state index in [1.165, 1.54) is 0 Å². The number of carbonyl (C=O) groups is 1. The highest BCUT2D eigenvalue weighted by molar-refractivity contribution is 6.31. The molecule has 0 unspecified atom stereocenters. The van der Waals surface area contributed by atoms with Gasteiger partial charge in [-0.05, 0) is 35.2 Å². The lowest BCUT2D eigenvalue weighted by Crippen LogP contribution is -2.48. The highest BCUT2D eigenvalue weighted by Gasteiger charge is 2.22. The molecule has 3 aromatic rings.